The third-order valence-corrected chi connectivity index (χ3v) is 6.48. The molecule has 0 aliphatic rings. The van der Waals surface area contributed by atoms with E-state index in [2.05, 4.69) is 4.98 Å². The van der Waals surface area contributed by atoms with Crippen LogP contribution in [0.5, 0.6) is 11.5 Å². The van der Waals surface area contributed by atoms with E-state index in [9.17, 15) is 28.0 Å². The van der Waals surface area contributed by atoms with Crippen molar-refractivity contribution in [2.45, 2.75) is 12.6 Å². The number of alkyl halides is 3. The minimum Gasteiger partial charge on any atom is -0.496 e. The number of aliphatic carboxylic acids is 1. The molecule has 1 amide bonds. The van der Waals surface area contributed by atoms with Gasteiger partial charge in [-0.3, -0.25) is 9.59 Å². The van der Waals surface area contributed by atoms with Gasteiger partial charge in [0.2, 0.25) is 0 Å². The number of halogens is 4. The van der Waals surface area contributed by atoms with Gasteiger partial charge in [-0.2, -0.15) is 18.4 Å². The van der Waals surface area contributed by atoms with Crippen molar-refractivity contribution in [2.24, 2.45) is 0 Å². The molecule has 0 bridgehead atoms. The van der Waals surface area contributed by atoms with E-state index in [1.165, 1.54) is 43.3 Å². The van der Waals surface area contributed by atoms with Gasteiger partial charge < -0.3 is 19.5 Å². The Bertz CT molecular complexity index is 1700. The Morgan fingerprint density at radius 3 is 2.49 bits per heavy atom. The predicted octanol–water partition coefficient (Wildman–Crippen LogP) is 6.58. The zero-order valence-electron chi connectivity index (χ0n) is 21.6. The van der Waals surface area contributed by atoms with Crippen molar-refractivity contribution in [3.8, 4) is 28.8 Å². The lowest BCUT2D eigenvalue weighted by Crippen LogP contribution is -2.27. The molecule has 210 valence electrons. The number of aromatic nitrogens is 1. The fraction of sp³-hybridized carbons (Fsp3) is 0.172. The van der Waals surface area contributed by atoms with E-state index in [1.807, 2.05) is 6.07 Å². The molecule has 1 aromatic heterocycles. The minimum atomic E-state index is -4.66. The van der Waals surface area contributed by atoms with Gasteiger partial charge in [0.05, 0.1) is 58.7 Å². The largest absolute Gasteiger partial charge is 0.496 e. The molecule has 0 aliphatic heterocycles. The van der Waals surface area contributed by atoms with E-state index in [0.29, 0.717) is 5.69 Å². The number of ether oxygens (including phenoxy) is 2. The summed E-state index contributed by atoms with van der Waals surface area (Å²) in [6.07, 6.45) is -4.91. The molecule has 1 heterocycles. The Labute approximate surface area is 237 Å². The number of amides is 1. The van der Waals surface area contributed by atoms with Crippen molar-refractivity contribution in [3.63, 3.8) is 0 Å². The molecular weight excluding hydrogens is 563 g/mol. The van der Waals surface area contributed by atoms with Crippen LogP contribution < -0.4 is 14.4 Å². The summed E-state index contributed by atoms with van der Waals surface area (Å²) in [6.45, 7) is -0.122. The molecule has 0 saturated carbocycles. The first-order valence-electron chi connectivity index (χ1n) is 12.0. The van der Waals surface area contributed by atoms with E-state index in [0.717, 1.165) is 12.1 Å². The lowest BCUT2D eigenvalue weighted by Gasteiger charge is -2.22. The summed E-state index contributed by atoms with van der Waals surface area (Å²) < 4.78 is 51.7. The normalized spacial score (nSPS) is 11.1. The second kappa shape index (κ2) is 11.7. The van der Waals surface area contributed by atoms with Crippen LogP contribution in [0.15, 0.2) is 60.7 Å². The third-order valence-electron chi connectivity index (χ3n) is 6.16. The summed E-state index contributed by atoms with van der Waals surface area (Å²) in [4.78, 5) is 30.2. The smallest absolute Gasteiger partial charge is 0.417 e. The zero-order valence-corrected chi connectivity index (χ0v) is 22.4. The first kappa shape index (κ1) is 29.2. The van der Waals surface area contributed by atoms with Crippen molar-refractivity contribution < 1.29 is 37.3 Å². The zero-order chi connectivity index (χ0) is 29.9. The number of benzene rings is 3. The Morgan fingerprint density at radius 1 is 1.10 bits per heavy atom. The molecular formula is C29H21ClF3N3O5. The first-order chi connectivity index (χ1) is 19.5. The summed E-state index contributed by atoms with van der Waals surface area (Å²) in [5.74, 6) is -1.26. The number of carbonyl (C=O) groups is 2. The van der Waals surface area contributed by atoms with Crippen LogP contribution in [-0.4, -0.2) is 42.7 Å². The highest BCUT2D eigenvalue weighted by molar-refractivity contribution is 6.34. The van der Waals surface area contributed by atoms with Crippen molar-refractivity contribution in [3.05, 3.63) is 82.4 Å². The summed E-state index contributed by atoms with van der Waals surface area (Å²) in [6, 6.07) is 15.7. The van der Waals surface area contributed by atoms with Crippen molar-refractivity contribution in [1.82, 2.24) is 4.98 Å². The summed E-state index contributed by atoms with van der Waals surface area (Å²) >= 11 is 6.51. The number of para-hydroxylation sites is 2. The van der Waals surface area contributed by atoms with E-state index in [4.69, 9.17) is 26.2 Å². The number of fused-ring (bicyclic) bond motifs is 1. The monoisotopic (exact) mass is 583 g/mol. The van der Waals surface area contributed by atoms with Gasteiger partial charge in [0, 0.05) is 24.1 Å². The Hall–Kier alpha value is -4.82. The predicted molar refractivity (Wildman–Crippen MR) is 145 cm³/mol. The van der Waals surface area contributed by atoms with Crippen LogP contribution in [0.25, 0.3) is 22.2 Å². The fourth-order valence-corrected chi connectivity index (χ4v) is 4.44. The highest BCUT2D eigenvalue weighted by Crippen LogP contribution is 2.40. The number of carboxylic acid groups (broad SMARTS) is 1. The van der Waals surface area contributed by atoms with Crippen LogP contribution >= 0.6 is 11.6 Å². The average Bonchev–Trinajstić information content (AvgIpc) is 2.94. The number of carbonyl (C=O) groups excluding carboxylic acids is 1. The summed E-state index contributed by atoms with van der Waals surface area (Å²) in [7, 11) is 2.81. The van der Waals surface area contributed by atoms with Gasteiger partial charge >= 0.3 is 12.1 Å². The topological polar surface area (TPSA) is 113 Å². The molecule has 4 aromatic rings. The van der Waals surface area contributed by atoms with Gasteiger partial charge in [0.25, 0.3) is 5.91 Å². The Morgan fingerprint density at radius 2 is 1.83 bits per heavy atom. The summed E-state index contributed by atoms with van der Waals surface area (Å²) in [5.41, 5.74) is -0.657. The van der Waals surface area contributed by atoms with Crippen molar-refractivity contribution >= 4 is 40.1 Å². The molecule has 1 N–H and O–H groups in total. The highest BCUT2D eigenvalue weighted by Gasteiger charge is 2.33. The minimum absolute atomic E-state index is 0.0129. The van der Waals surface area contributed by atoms with Gasteiger partial charge in [-0.05, 0) is 36.4 Å². The second-order valence-corrected chi connectivity index (χ2v) is 9.13. The molecule has 0 atom stereocenters. The number of nitrogens with zero attached hydrogens (tertiary/aromatic N) is 3. The number of hydrogen-bond acceptors (Lipinski definition) is 6. The molecule has 0 radical (unpaired) electrons. The van der Waals surface area contributed by atoms with Gasteiger partial charge in [-0.1, -0.05) is 29.8 Å². The fourth-order valence-electron chi connectivity index (χ4n) is 4.20. The van der Waals surface area contributed by atoms with E-state index in [-0.39, 0.29) is 62.8 Å². The highest BCUT2D eigenvalue weighted by atomic mass is 35.5. The second-order valence-electron chi connectivity index (χ2n) is 8.72. The quantitative estimate of drug-likeness (QED) is 0.249. The van der Waals surface area contributed by atoms with E-state index < -0.39 is 23.6 Å². The summed E-state index contributed by atoms with van der Waals surface area (Å²) in [5, 5.41) is 18.5. The van der Waals surface area contributed by atoms with Gasteiger partial charge in [-0.15, -0.1) is 0 Å². The third kappa shape index (κ3) is 6.02. The number of nitriles is 1. The maximum Gasteiger partial charge on any atom is 0.417 e. The molecule has 0 saturated heterocycles. The lowest BCUT2D eigenvalue weighted by atomic mass is 9.99. The van der Waals surface area contributed by atoms with Crippen LogP contribution in [0.1, 0.15) is 27.9 Å². The Balaban J connectivity index is 1.82. The molecule has 3 aromatic carbocycles. The lowest BCUT2D eigenvalue weighted by molar-refractivity contribution is -0.138. The van der Waals surface area contributed by atoms with Crippen LogP contribution in [0.4, 0.5) is 18.9 Å². The van der Waals surface area contributed by atoms with Gasteiger partial charge in [0.1, 0.15) is 17.6 Å². The number of carboxylic acids is 1. The van der Waals surface area contributed by atoms with Crippen molar-refractivity contribution in [1.29, 1.82) is 5.26 Å². The standard InChI is InChI=1S/C29H21ClF3N3O5/c1-36(23-8-3-4-9-24(23)41-11-10-26(37)38)28(39)19-13-18(21(30)14-25(19)40-2)27-16(15-34)12-17-20(29(31,32)33)6-5-7-22(17)35-27/h3-9,12-14H,10-11H2,1-2H3,(H,37,38). The molecule has 8 nitrogen and oxygen atoms in total. The number of pyridine rings is 1. The SMILES string of the molecule is COc1cc(Cl)c(-c2nc3cccc(C(F)(F)F)c3cc2C#N)cc1C(=O)N(C)c1ccccc1OCCC(=O)O. The maximum atomic E-state index is 13.7. The molecule has 0 spiro atoms. The Kier molecular flexibility index (Phi) is 8.35. The molecule has 0 fully saturated rings. The van der Waals surface area contributed by atoms with Crippen molar-refractivity contribution in [2.75, 3.05) is 25.7 Å². The molecule has 0 unspecified atom stereocenters. The maximum absolute atomic E-state index is 13.7. The van der Waals surface area contributed by atoms with Crippen LogP contribution in [0.3, 0.4) is 0 Å². The average molecular weight is 584 g/mol. The number of hydrogen-bond donors (Lipinski definition) is 1. The molecule has 4 rings (SSSR count). The van der Waals surface area contributed by atoms with E-state index in [1.54, 1.807) is 24.3 Å². The van der Waals surface area contributed by atoms with Crippen LogP contribution in [0.2, 0.25) is 5.02 Å². The van der Waals surface area contributed by atoms with Gasteiger partial charge in [0.15, 0.2) is 0 Å². The number of rotatable bonds is 8. The molecule has 12 heteroatoms. The molecule has 41 heavy (non-hydrogen) atoms. The van der Waals surface area contributed by atoms with E-state index >= 15 is 0 Å². The number of anilines is 1. The number of methoxy groups -OCH3 is 1. The molecule has 0 aliphatic carbocycles. The van der Waals surface area contributed by atoms with Gasteiger partial charge in [-0.25, -0.2) is 4.98 Å². The van der Waals surface area contributed by atoms with Crippen LogP contribution in [0, 0.1) is 11.3 Å². The van der Waals surface area contributed by atoms with Crippen LogP contribution in [-0.2, 0) is 11.0 Å². The first-order valence-corrected chi connectivity index (χ1v) is 12.3.